The highest BCUT2D eigenvalue weighted by Gasteiger charge is 2.16. The first-order valence-corrected chi connectivity index (χ1v) is 7.99. The van der Waals surface area contributed by atoms with E-state index >= 15 is 0 Å². The Morgan fingerprint density at radius 3 is 2.73 bits per heavy atom. The third-order valence-electron chi connectivity index (χ3n) is 4.35. The molecule has 3 N–H and O–H groups in total. The van der Waals surface area contributed by atoms with Gasteiger partial charge in [-0.15, -0.1) is 5.10 Å². The third-order valence-corrected chi connectivity index (χ3v) is 4.35. The van der Waals surface area contributed by atoms with E-state index in [1.54, 1.807) is 4.68 Å². The molecule has 0 amide bonds. The molecule has 2 heterocycles. The van der Waals surface area contributed by atoms with Crippen molar-refractivity contribution in [3.8, 4) is 11.6 Å². The second-order valence-electron chi connectivity index (χ2n) is 5.89. The van der Waals surface area contributed by atoms with Crippen LogP contribution in [-0.2, 0) is 0 Å². The van der Waals surface area contributed by atoms with Gasteiger partial charge in [0.15, 0.2) is 0 Å². The predicted octanol–water partition coefficient (Wildman–Crippen LogP) is 2.53. The molecule has 5 nitrogen and oxygen atoms in total. The van der Waals surface area contributed by atoms with E-state index in [0.29, 0.717) is 18.3 Å². The summed E-state index contributed by atoms with van der Waals surface area (Å²) in [5.74, 6) is 2.05. The quantitative estimate of drug-likeness (QED) is 0.890. The highest BCUT2D eigenvalue weighted by atomic mass is 16.5. The maximum absolute atomic E-state index is 6.16. The number of nitrogens with one attached hydrogen (secondary N) is 1. The fourth-order valence-electron chi connectivity index (χ4n) is 2.88. The summed E-state index contributed by atoms with van der Waals surface area (Å²) in [5, 5.41) is 7.91. The average molecular weight is 300 g/mol. The molecule has 0 aliphatic carbocycles. The molecule has 0 radical (unpaired) electrons. The highest BCUT2D eigenvalue weighted by Crippen LogP contribution is 2.26. The van der Waals surface area contributed by atoms with Crippen molar-refractivity contribution in [1.82, 2.24) is 15.1 Å². The molecule has 2 aromatic rings. The van der Waals surface area contributed by atoms with Crippen LogP contribution in [0.25, 0.3) is 5.69 Å². The van der Waals surface area contributed by atoms with Gasteiger partial charge in [0, 0.05) is 0 Å². The Bertz CT molecular complexity index is 603. The Morgan fingerprint density at radius 1 is 1.27 bits per heavy atom. The Kier molecular flexibility index (Phi) is 4.63. The number of piperidine rings is 1. The fraction of sp³-hybridized carbons (Fsp3) is 0.471. The van der Waals surface area contributed by atoms with Gasteiger partial charge in [-0.1, -0.05) is 18.2 Å². The molecule has 0 unspecified atom stereocenters. The summed E-state index contributed by atoms with van der Waals surface area (Å²) in [5.41, 5.74) is 8.03. The normalized spacial score (nSPS) is 15.9. The average Bonchev–Trinajstić information content (AvgIpc) is 2.85. The van der Waals surface area contributed by atoms with E-state index in [1.807, 2.05) is 37.3 Å². The standard InChI is InChI=1S/C17H24N4O/c1-13-16(18)21(15-5-3-2-4-6-15)20-17(13)22-12-9-14-7-10-19-11-8-14/h2-6,14,19H,7-12,18H2,1H3. The van der Waals surface area contributed by atoms with Gasteiger partial charge in [-0.05, 0) is 57.3 Å². The molecule has 22 heavy (non-hydrogen) atoms. The Labute approximate surface area is 131 Å². The first-order chi connectivity index (χ1) is 10.8. The summed E-state index contributed by atoms with van der Waals surface area (Å²) in [6.45, 7) is 4.91. The number of hydrogen-bond acceptors (Lipinski definition) is 4. The number of rotatable bonds is 5. The topological polar surface area (TPSA) is 65.1 Å². The van der Waals surface area contributed by atoms with Crippen LogP contribution in [0, 0.1) is 12.8 Å². The maximum Gasteiger partial charge on any atom is 0.238 e. The van der Waals surface area contributed by atoms with E-state index in [-0.39, 0.29) is 0 Å². The van der Waals surface area contributed by atoms with Gasteiger partial charge in [-0.25, -0.2) is 4.68 Å². The summed E-state index contributed by atoms with van der Waals surface area (Å²) in [7, 11) is 0. The molecule has 0 bridgehead atoms. The molecule has 1 aliphatic rings. The smallest absolute Gasteiger partial charge is 0.238 e. The third kappa shape index (κ3) is 3.25. The van der Waals surface area contributed by atoms with E-state index in [4.69, 9.17) is 10.5 Å². The minimum atomic E-state index is 0.642. The number of nitrogens with zero attached hydrogens (tertiary/aromatic N) is 2. The Balaban J connectivity index is 1.64. The van der Waals surface area contributed by atoms with Gasteiger partial charge >= 0.3 is 0 Å². The zero-order valence-electron chi connectivity index (χ0n) is 13.1. The molecule has 1 aliphatic heterocycles. The Morgan fingerprint density at radius 2 is 2.00 bits per heavy atom. The summed E-state index contributed by atoms with van der Waals surface area (Å²) >= 11 is 0. The lowest BCUT2D eigenvalue weighted by Crippen LogP contribution is -2.28. The van der Waals surface area contributed by atoms with Gasteiger partial charge in [0.1, 0.15) is 5.82 Å². The lowest BCUT2D eigenvalue weighted by atomic mass is 9.95. The lowest BCUT2D eigenvalue weighted by Gasteiger charge is -2.22. The van der Waals surface area contributed by atoms with Crippen LogP contribution in [0.3, 0.4) is 0 Å². The van der Waals surface area contributed by atoms with Gasteiger partial charge < -0.3 is 15.8 Å². The van der Waals surface area contributed by atoms with Crippen LogP contribution >= 0.6 is 0 Å². The molecular formula is C17H24N4O. The maximum atomic E-state index is 6.16. The predicted molar refractivity (Wildman–Crippen MR) is 88.4 cm³/mol. The van der Waals surface area contributed by atoms with Gasteiger partial charge in [0.25, 0.3) is 0 Å². The molecule has 118 valence electrons. The van der Waals surface area contributed by atoms with Crippen LogP contribution in [0.5, 0.6) is 5.88 Å². The molecule has 0 saturated carbocycles. The SMILES string of the molecule is Cc1c(OCCC2CCNCC2)nn(-c2ccccc2)c1N. The number of aromatic nitrogens is 2. The van der Waals surface area contributed by atoms with Crippen molar-refractivity contribution >= 4 is 5.82 Å². The first kappa shape index (κ1) is 14.9. The van der Waals surface area contributed by atoms with E-state index in [0.717, 1.165) is 36.7 Å². The Hall–Kier alpha value is -2.01. The van der Waals surface area contributed by atoms with Gasteiger partial charge in [-0.2, -0.15) is 0 Å². The number of nitrogens with two attached hydrogens (primary N) is 1. The van der Waals surface area contributed by atoms with Crippen LogP contribution in [0.2, 0.25) is 0 Å². The van der Waals surface area contributed by atoms with Gasteiger partial charge in [-0.3, -0.25) is 0 Å². The van der Waals surface area contributed by atoms with Crippen molar-refractivity contribution in [2.45, 2.75) is 26.2 Å². The van der Waals surface area contributed by atoms with Crippen molar-refractivity contribution in [3.05, 3.63) is 35.9 Å². The molecular weight excluding hydrogens is 276 g/mol. The van der Waals surface area contributed by atoms with Crippen molar-refractivity contribution < 1.29 is 4.74 Å². The number of nitrogen functional groups attached to an aromatic ring is 1. The van der Waals surface area contributed by atoms with Gasteiger partial charge in [0.05, 0.1) is 17.9 Å². The van der Waals surface area contributed by atoms with E-state index in [1.165, 1.54) is 12.8 Å². The van der Waals surface area contributed by atoms with Crippen molar-refractivity contribution in [2.75, 3.05) is 25.4 Å². The first-order valence-electron chi connectivity index (χ1n) is 7.99. The van der Waals surface area contributed by atoms with Crippen LogP contribution < -0.4 is 15.8 Å². The fourth-order valence-corrected chi connectivity index (χ4v) is 2.88. The molecule has 0 atom stereocenters. The number of hydrogen-bond donors (Lipinski definition) is 2. The summed E-state index contributed by atoms with van der Waals surface area (Å²) in [6, 6.07) is 9.91. The number of ether oxygens (including phenoxy) is 1. The van der Waals surface area contributed by atoms with Crippen LogP contribution in [-0.4, -0.2) is 29.5 Å². The van der Waals surface area contributed by atoms with Crippen LogP contribution in [0.4, 0.5) is 5.82 Å². The number of anilines is 1. The molecule has 3 rings (SSSR count). The highest BCUT2D eigenvalue weighted by molar-refractivity contribution is 5.51. The van der Waals surface area contributed by atoms with Crippen molar-refractivity contribution in [2.24, 2.45) is 5.92 Å². The minimum Gasteiger partial charge on any atom is -0.476 e. The summed E-state index contributed by atoms with van der Waals surface area (Å²) in [4.78, 5) is 0. The zero-order valence-corrected chi connectivity index (χ0v) is 13.1. The van der Waals surface area contributed by atoms with Crippen molar-refractivity contribution in [3.63, 3.8) is 0 Å². The number of benzene rings is 1. The minimum absolute atomic E-state index is 0.642. The van der Waals surface area contributed by atoms with Crippen LogP contribution in [0.15, 0.2) is 30.3 Å². The van der Waals surface area contributed by atoms with E-state index in [2.05, 4.69) is 10.4 Å². The zero-order chi connectivity index (χ0) is 15.4. The van der Waals surface area contributed by atoms with E-state index in [9.17, 15) is 0 Å². The second kappa shape index (κ2) is 6.83. The second-order valence-corrected chi connectivity index (χ2v) is 5.89. The molecule has 0 spiro atoms. The van der Waals surface area contributed by atoms with Crippen molar-refractivity contribution in [1.29, 1.82) is 0 Å². The monoisotopic (exact) mass is 300 g/mol. The largest absolute Gasteiger partial charge is 0.476 e. The number of para-hydroxylation sites is 1. The molecule has 1 aromatic carbocycles. The molecule has 1 saturated heterocycles. The summed E-state index contributed by atoms with van der Waals surface area (Å²) < 4.78 is 7.64. The molecule has 1 fully saturated rings. The lowest BCUT2D eigenvalue weighted by molar-refractivity contribution is 0.243. The van der Waals surface area contributed by atoms with Gasteiger partial charge in [0.2, 0.25) is 5.88 Å². The summed E-state index contributed by atoms with van der Waals surface area (Å²) in [6.07, 6.45) is 3.56. The van der Waals surface area contributed by atoms with Crippen LogP contribution in [0.1, 0.15) is 24.8 Å². The van der Waals surface area contributed by atoms with E-state index < -0.39 is 0 Å². The molecule has 1 aromatic heterocycles. The molecule has 5 heteroatoms.